The molecule has 1 aromatic heterocycles. The molecule has 0 aliphatic carbocycles. The van der Waals surface area contributed by atoms with Gasteiger partial charge >= 0.3 is 0 Å². The van der Waals surface area contributed by atoms with Crippen LogP contribution in [0.4, 0.5) is 5.82 Å². The first kappa shape index (κ1) is 16.5. The zero-order valence-electron chi connectivity index (χ0n) is 12.5. The van der Waals surface area contributed by atoms with Gasteiger partial charge in [0, 0.05) is 25.3 Å². The van der Waals surface area contributed by atoms with Gasteiger partial charge in [0.1, 0.15) is 10.7 Å². The lowest BCUT2D eigenvalue weighted by molar-refractivity contribution is 0.246. The van der Waals surface area contributed by atoms with Crippen LogP contribution in [-0.4, -0.2) is 36.8 Å². The van der Waals surface area contributed by atoms with E-state index in [1.54, 1.807) is 4.31 Å². The number of hydrogen-bond acceptors (Lipinski definition) is 4. The molecule has 1 N–H and O–H groups in total. The molecule has 0 bridgehead atoms. The van der Waals surface area contributed by atoms with Gasteiger partial charge < -0.3 is 5.32 Å². The highest BCUT2D eigenvalue weighted by Crippen LogP contribution is 2.29. The Morgan fingerprint density at radius 3 is 2.81 bits per heavy atom. The van der Waals surface area contributed by atoms with Crippen LogP contribution < -0.4 is 5.32 Å². The van der Waals surface area contributed by atoms with Gasteiger partial charge in [-0.15, -0.1) is 0 Å². The molecule has 2 rings (SSSR count). The Hall–Kier alpha value is -0.850. The molecule has 1 aliphatic heterocycles. The summed E-state index contributed by atoms with van der Waals surface area (Å²) in [5.74, 6) is 0.517. The molecule has 1 atom stereocenters. The van der Waals surface area contributed by atoms with E-state index in [2.05, 4.69) is 10.3 Å². The summed E-state index contributed by atoms with van der Waals surface area (Å²) >= 11 is 6.12. The Bertz CT molecular complexity index is 592. The molecule has 0 radical (unpaired) electrons. The maximum atomic E-state index is 12.8. The summed E-state index contributed by atoms with van der Waals surface area (Å²) in [6, 6.07) is 1.57. The van der Waals surface area contributed by atoms with Crippen LogP contribution in [0.3, 0.4) is 0 Å². The third kappa shape index (κ3) is 3.49. The summed E-state index contributed by atoms with van der Waals surface area (Å²) in [6.45, 7) is 5.22. The molecule has 0 saturated carbocycles. The summed E-state index contributed by atoms with van der Waals surface area (Å²) in [5.41, 5.74) is 0. The number of anilines is 1. The van der Waals surface area contributed by atoms with Crippen LogP contribution in [0.15, 0.2) is 17.2 Å². The summed E-state index contributed by atoms with van der Waals surface area (Å²) < 4.78 is 27.2. The first-order valence-corrected chi connectivity index (χ1v) is 9.23. The third-order valence-electron chi connectivity index (χ3n) is 3.81. The van der Waals surface area contributed by atoms with Crippen LogP contribution in [0.5, 0.6) is 0 Å². The summed E-state index contributed by atoms with van der Waals surface area (Å²) in [4.78, 5) is 4.31. The number of nitrogens with zero attached hydrogens (tertiary/aromatic N) is 2. The Morgan fingerprint density at radius 2 is 2.19 bits per heavy atom. The average molecular weight is 332 g/mol. The van der Waals surface area contributed by atoms with Gasteiger partial charge in [0.2, 0.25) is 10.0 Å². The van der Waals surface area contributed by atoms with E-state index in [1.165, 1.54) is 12.3 Å². The minimum absolute atomic E-state index is 0.0796. The van der Waals surface area contributed by atoms with E-state index in [0.717, 1.165) is 25.7 Å². The number of rotatable bonds is 5. The Kier molecular flexibility index (Phi) is 5.46. The lowest BCUT2D eigenvalue weighted by Crippen LogP contribution is -2.43. The van der Waals surface area contributed by atoms with Crippen molar-refractivity contribution in [3.63, 3.8) is 0 Å². The highest BCUT2D eigenvalue weighted by molar-refractivity contribution is 7.89. The summed E-state index contributed by atoms with van der Waals surface area (Å²) in [5, 5.41) is 3.34. The van der Waals surface area contributed by atoms with Gasteiger partial charge in [0.05, 0.1) is 5.02 Å². The Balaban J connectivity index is 2.32. The smallest absolute Gasteiger partial charge is 0.244 e. The second kappa shape index (κ2) is 6.94. The number of hydrogen-bond donors (Lipinski definition) is 1. The van der Waals surface area contributed by atoms with Crippen LogP contribution in [0.25, 0.3) is 0 Å². The first-order chi connectivity index (χ1) is 10.0. The quantitative estimate of drug-likeness (QED) is 0.900. The molecule has 2 heterocycles. The average Bonchev–Trinajstić information content (AvgIpc) is 2.49. The molecule has 7 heteroatoms. The number of aromatic nitrogens is 1. The molecule has 21 heavy (non-hydrogen) atoms. The van der Waals surface area contributed by atoms with Gasteiger partial charge in [-0.05, 0) is 32.3 Å². The first-order valence-electron chi connectivity index (χ1n) is 7.42. The largest absolute Gasteiger partial charge is 0.369 e. The lowest BCUT2D eigenvalue weighted by atomic mass is 10.0. The topological polar surface area (TPSA) is 62.3 Å². The second-order valence-corrected chi connectivity index (χ2v) is 7.50. The fourth-order valence-electron chi connectivity index (χ4n) is 2.69. The van der Waals surface area contributed by atoms with E-state index in [9.17, 15) is 8.42 Å². The minimum atomic E-state index is -3.52. The molecule has 5 nitrogen and oxygen atoms in total. The summed E-state index contributed by atoms with van der Waals surface area (Å²) in [7, 11) is -3.52. The number of pyridine rings is 1. The van der Waals surface area contributed by atoms with Crippen LogP contribution in [0.1, 0.15) is 39.5 Å². The molecule has 1 saturated heterocycles. The van der Waals surface area contributed by atoms with E-state index in [0.29, 0.717) is 23.9 Å². The van der Waals surface area contributed by atoms with Crippen molar-refractivity contribution in [3.05, 3.63) is 17.3 Å². The third-order valence-corrected chi connectivity index (χ3v) is 6.02. The van der Waals surface area contributed by atoms with Crippen molar-refractivity contribution >= 4 is 27.4 Å². The zero-order chi connectivity index (χ0) is 15.5. The van der Waals surface area contributed by atoms with Gasteiger partial charge in [0.15, 0.2) is 0 Å². The van der Waals surface area contributed by atoms with Crippen molar-refractivity contribution in [3.8, 4) is 0 Å². The van der Waals surface area contributed by atoms with E-state index >= 15 is 0 Å². The predicted molar refractivity (Wildman–Crippen MR) is 85.2 cm³/mol. The van der Waals surface area contributed by atoms with E-state index in [4.69, 9.17) is 11.6 Å². The summed E-state index contributed by atoms with van der Waals surface area (Å²) in [6.07, 6.45) is 5.14. The Morgan fingerprint density at radius 1 is 1.43 bits per heavy atom. The highest BCUT2D eigenvalue weighted by atomic mass is 35.5. The van der Waals surface area contributed by atoms with Gasteiger partial charge in [0.25, 0.3) is 0 Å². The van der Waals surface area contributed by atoms with Crippen molar-refractivity contribution in [2.45, 2.75) is 50.5 Å². The molecule has 1 fully saturated rings. The fraction of sp³-hybridized carbons (Fsp3) is 0.643. The lowest BCUT2D eigenvalue weighted by Gasteiger charge is -2.34. The molecule has 0 amide bonds. The fourth-order valence-corrected chi connectivity index (χ4v) is 4.73. The van der Waals surface area contributed by atoms with Crippen molar-refractivity contribution in [2.24, 2.45) is 0 Å². The van der Waals surface area contributed by atoms with Crippen LogP contribution in [0, 0.1) is 0 Å². The van der Waals surface area contributed by atoms with Gasteiger partial charge in [-0.1, -0.05) is 24.9 Å². The maximum absolute atomic E-state index is 12.8. The standard InChI is InChI=1S/C14H22ClN3O2S/c1-3-11-7-5-6-8-18(11)21(19,20)12-9-13(15)14(16-4-2)17-10-12/h9-11H,3-8H2,1-2H3,(H,16,17). The second-order valence-electron chi connectivity index (χ2n) is 5.21. The number of halogens is 1. The SMILES string of the molecule is CCNc1ncc(S(=O)(=O)N2CCCCC2CC)cc1Cl. The normalized spacial score (nSPS) is 20.4. The van der Waals surface area contributed by atoms with Crippen LogP contribution in [-0.2, 0) is 10.0 Å². The molecule has 1 aliphatic rings. The predicted octanol–water partition coefficient (Wildman–Crippen LogP) is 3.12. The van der Waals surface area contributed by atoms with Crippen LogP contribution in [0.2, 0.25) is 5.02 Å². The highest BCUT2D eigenvalue weighted by Gasteiger charge is 2.33. The number of piperidine rings is 1. The molecular weight excluding hydrogens is 310 g/mol. The molecule has 1 aromatic rings. The molecule has 1 unspecified atom stereocenters. The Labute approximate surface area is 131 Å². The molecule has 0 spiro atoms. The van der Waals surface area contributed by atoms with Crippen molar-refractivity contribution in [2.75, 3.05) is 18.4 Å². The molecule has 118 valence electrons. The van der Waals surface area contributed by atoms with Crippen molar-refractivity contribution < 1.29 is 8.42 Å². The van der Waals surface area contributed by atoms with Crippen molar-refractivity contribution in [1.29, 1.82) is 0 Å². The van der Waals surface area contributed by atoms with Gasteiger partial charge in [-0.2, -0.15) is 4.31 Å². The van der Waals surface area contributed by atoms with Gasteiger partial charge in [-0.25, -0.2) is 13.4 Å². The number of sulfonamides is 1. The number of nitrogens with one attached hydrogen (secondary N) is 1. The van der Waals surface area contributed by atoms with E-state index in [-0.39, 0.29) is 10.9 Å². The monoisotopic (exact) mass is 331 g/mol. The van der Waals surface area contributed by atoms with Crippen molar-refractivity contribution in [1.82, 2.24) is 9.29 Å². The molecule has 0 aromatic carbocycles. The van der Waals surface area contributed by atoms with E-state index < -0.39 is 10.0 Å². The van der Waals surface area contributed by atoms with Gasteiger partial charge in [-0.3, -0.25) is 0 Å². The van der Waals surface area contributed by atoms with E-state index in [1.807, 2.05) is 13.8 Å². The minimum Gasteiger partial charge on any atom is -0.369 e. The van der Waals surface area contributed by atoms with Crippen LogP contribution >= 0.6 is 11.6 Å². The zero-order valence-corrected chi connectivity index (χ0v) is 14.0. The maximum Gasteiger partial charge on any atom is 0.244 e. The molecular formula is C14H22ClN3O2S.